The standard InChI is InChI=1S/C13H14Cl2N2O/c1-2-3-11(16)13-7-12(17-18-13)8-4-5-9(14)10(15)6-8/h4-7,11H,2-3,16H2,1H3. The van der Waals surface area contributed by atoms with E-state index in [-0.39, 0.29) is 6.04 Å². The van der Waals surface area contributed by atoms with Crippen molar-refractivity contribution in [2.45, 2.75) is 25.8 Å². The van der Waals surface area contributed by atoms with Crippen LogP contribution in [-0.4, -0.2) is 5.16 Å². The van der Waals surface area contributed by atoms with E-state index < -0.39 is 0 Å². The second-order valence-electron chi connectivity index (χ2n) is 4.14. The van der Waals surface area contributed by atoms with Gasteiger partial charge in [0.2, 0.25) is 0 Å². The highest BCUT2D eigenvalue weighted by Crippen LogP contribution is 2.29. The second kappa shape index (κ2) is 5.74. The molecule has 0 aliphatic heterocycles. The molecule has 1 unspecified atom stereocenters. The van der Waals surface area contributed by atoms with Crippen molar-refractivity contribution < 1.29 is 4.52 Å². The van der Waals surface area contributed by atoms with E-state index in [4.69, 9.17) is 33.5 Å². The molecule has 2 aromatic rings. The largest absolute Gasteiger partial charge is 0.359 e. The number of halogens is 2. The highest BCUT2D eigenvalue weighted by Gasteiger charge is 2.13. The van der Waals surface area contributed by atoms with E-state index in [1.807, 2.05) is 12.1 Å². The van der Waals surface area contributed by atoms with Crippen LogP contribution in [0, 0.1) is 0 Å². The van der Waals surface area contributed by atoms with Crippen LogP contribution in [0.5, 0.6) is 0 Å². The third-order valence-electron chi connectivity index (χ3n) is 2.71. The average Bonchev–Trinajstić information content (AvgIpc) is 2.82. The molecule has 1 aromatic heterocycles. The highest BCUT2D eigenvalue weighted by atomic mass is 35.5. The molecule has 0 fully saturated rings. The molecule has 0 saturated heterocycles. The van der Waals surface area contributed by atoms with E-state index >= 15 is 0 Å². The number of rotatable bonds is 4. The molecule has 0 amide bonds. The Morgan fingerprint density at radius 3 is 2.72 bits per heavy atom. The fraction of sp³-hybridized carbons (Fsp3) is 0.308. The summed E-state index contributed by atoms with van der Waals surface area (Å²) in [6, 6.07) is 7.08. The van der Waals surface area contributed by atoms with Crippen molar-refractivity contribution in [2.24, 2.45) is 5.73 Å². The molecule has 0 saturated carbocycles. The van der Waals surface area contributed by atoms with Crippen LogP contribution in [-0.2, 0) is 0 Å². The van der Waals surface area contributed by atoms with Gasteiger partial charge in [0.05, 0.1) is 16.1 Å². The molecule has 96 valence electrons. The van der Waals surface area contributed by atoms with Crippen molar-refractivity contribution in [2.75, 3.05) is 0 Å². The average molecular weight is 285 g/mol. The Labute approximate surface area is 116 Å². The van der Waals surface area contributed by atoms with E-state index in [1.165, 1.54) is 0 Å². The Hall–Kier alpha value is -1.03. The van der Waals surface area contributed by atoms with E-state index in [0.717, 1.165) is 24.1 Å². The third-order valence-corrected chi connectivity index (χ3v) is 3.45. The number of hydrogen-bond acceptors (Lipinski definition) is 3. The lowest BCUT2D eigenvalue weighted by atomic mass is 10.1. The molecule has 0 aliphatic carbocycles. The van der Waals surface area contributed by atoms with Gasteiger partial charge < -0.3 is 10.3 Å². The molecule has 3 nitrogen and oxygen atoms in total. The summed E-state index contributed by atoms with van der Waals surface area (Å²) >= 11 is 11.8. The summed E-state index contributed by atoms with van der Waals surface area (Å²) in [5, 5.41) is 5.02. The molecule has 5 heteroatoms. The van der Waals surface area contributed by atoms with Crippen LogP contribution in [0.15, 0.2) is 28.8 Å². The zero-order chi connectivity index (χ0) is 13.1. The topological polar surface area (TPSA) is 52.0 Å². The van der Waals surface area contributed by atoms with Gasteiger partial charge in [-0.3, -0.25) is 0 Å². The molecule has 0 aliphatic rings. The van der Waals surface area contributed by atoms with Gasteiger partial charge in [0.15, 0.2) is 5.76 Å². The van der Waals surface area contributed by atoms with Crippen LogP contribution < -0.4 is 5.73 Å². The molecule has 2 N–H and O–H groups in total. The molecule has 1 heterocycles. The maximum absolute atomic E-state index is 5.97. The summed E-state index contributed by atoms with van der Waals surface area (Å²) in [4.78, 5) is 0. The number of nitrogens with two attached hydrogens (primary N) is 1. The van der Waals surface area contributed by atoms with Gasteiger partial charge in [-0.15, -0.1) is 0 Å². The molecule has 2 rings (SSSR count). The van der Waals surface area contributed by atoms with E-state index in [1.54, 1.807) is 12.1 Å². The summed E-state index contributed by atoms with van der Waals surface area (Å²) in [6.07, 6.45) is 1.87. The van der Waals surface area contributed by atoms with Gasteiger partial charge in [0.1, 0.15) is 5.69 Å². The van der Waals surface area contributed by atoms with Crippen LogP contribution in [0.2, 0.25) is 10.0 Å². The monoisotopic (exact) mass is 284 g/mol. The molecule has 18 heavy (non-hydrogen) atoms. The molecule has 0 radical (unpaired) electrons. The number of benzene rings is 1. The molecular weight excluding hydrogens is 271 g/mol. The van der Waals surface area contributed by atoms with E-state index in [0.29, 0.717) is 15.8 Å². The first-order valence-corrected chi connectivity index (χ1v) is 6.55. The Kier molecular flexibility index (Phi) is 4.27. The smallest absolute Gasteiger partial charge is 0.154 e. The Balaban J connectivity index is 2.26. The lowest BCUT2D eigenvalue weighted by Gasteiger charge is -2.03. The first-order chi connectivity index (χ1) is 8.61. The van der Waals surface area contributed by atoms with Crippen molar-refractivity contribution in [1.82, 2.24) is 5.16 Å². The predicted molar refractivity (Wildman–Crippen MR) is 73.8 cm³/mol. The SMILES string of the molecule is CCCC(N)c1cc(-c2ccc(Cl)c(Cl)c2)no1. The van der Waals surface area contributed by atoms with Crippen LogP contribution in [0.3, 0.4) is 0 Å². The number of aromatic nitrogens is 1. The van der Waals surface area contributed by atoms with Crippen LogP contribution >= 0.6 is 23.2 Å². The number of hydrogen-bond donors (Lipinski definition) is 1. The zero-order valence-corrected chi connectivity index (χ0v) is 11.5. The minimum absolute atomic E-state index is 0.112. The van der Waals surface area contributed by atoms with Gasteiger partial charge in [0.25, 0.3) is 0 Å². The molecule has 1 atom stereocenters. The van der Waals surface area contributed by atoms with Crippen molar-refractivity contribution in [3.63, 3.8) is 0 Å². The van der Waals surface area contributed by atoms with E-state index in [2.05, 4.69) is 12.1 Å². The minimum atomic E-state index is -0.112. The Morgan fingerprint density at radius 2 is 2.06 bits per heavy atom. The lowest BCUT2D eigenvalue weighted by molar-refractivity contribution is 0.356. The minimum Gasteiger partial charge on any atom is -0.359 e. The summed E-state index contributed by atoms with van der Waals surface area (Å²) < 4.78 is 5.25. The summed E-state index contributed by atoms with van der Waals surface area (Å²) in [6.45, 7) is 2.08. The van der Waals surface area contributed by atoms with Crippen molar-refractivity contribution >= 4 is 23.2 Å². The quantitative estimate of drug-likeness (QED) is 0.903. The fourth-order valence-electron chi connectivity index (χ4n) is 1.71. The van der Waals surface area contributed by atoms with Crippen molar-refractivity contribution in [3.8, 4) is 11.3 Å². The van der Waals surface area contributed by atoms with Crippen LogP contribution in [0.1, 0.15) is 31.6 Å². The zero-order valence-electron chi connectivity index (χ0n) is 9.99. The van der Waals surface area contributed by atoms with Gasteiger partial charge in [-0.05, 0) is 18.6 Å². The van der Waals surface area contributed by atoms with Crippen molar-refractivity contribution in [1.29, 1.82) is 0 Å². The van der Waals surface area contributed by atoms with Gasteiger partial charge in [-0.2, -0.15) is 0 Å². The predicted octanol–water partition coefficient (Wildman–Crippen LogP) is 4.45. The highest BCUT2D eigenvalue weighted by molar-refractivity contribution is 6.42. The molecular formula is C13H14Cl2N2O. The molecule has 0 spiro atoms. The fourth-order valence-corrected chi connectivity index (χ4v) is 2.01. The lowest BCUT2D eigenvalue weighted by Crippen LogP contribution is -2.08. The maximum atomic E-state index is 5.97. The normalized spacial score (nSPS) is 12.7. The number of nitrogens with zero attached hydrogens (tertiary/aromatic N) is 1. The Bertz CT molecular complexity index is 540. The van der Waals surface area contributed by atoms with Gasteiger partial charge in [-0.25, -0.2) is 0 Å². The second-order valence-corrected chi connectivity index (χ2v) is 4.95. The van der Waals surface area contributed by atoms with E-state index in [9.17, 15) is 0 Å². The summed E-state index contributed by atoms with van der Waals surface area (Å²) in [5.74, 6) is 0.693. The van der Waals surface area contributed by atoms with Crippen LogP contribution in [0.25, 0.3) is 11.3 Å². The van der Waals surface area contributed by atoms with Gasteiger partial charge in [-0.1, -0.05) is 47.8 Å². The van der Waals surface area contributed by atoms with Crippen LogP contribution in [0.4, 0.5) is 0 Å². The Morgan fingerprint density at radius 1 is 1.28 bits per heavy atom. The van der Waals surface area contributed by atoms with Gasteiger partial charge in [0, 0.05) is 11.6 Å². The maximum Gasteiger partial charge on any atom is 0.154 e. The molecule has 0 bridgehead atoms. The third kappa shape index (κ3) is 2.86. The summed E-state index contributed by atoms with van der Waals surface area (Å²) in [5.41, 5.74) is 7.55. The first-order valence-electron chi connectivity index (χ1n) is 5.79. The summed E-state index contributed by atoms with van der Waals surface area (Å²) in [7, 11) is 0. The molecule has 1 aromatic carbocycles. The van der Waals surface area contributed by atoms with Crippen molar-refractivity contribution in [3.05, 3.63) is 40.1 Å². The van der Waals surface area contributed by atoms with Gasteiger partial charge >= 0.3 is 0 Å². The first kappa shape index (κ1) is 13.4.